The minimum Gasteiger partial charge on any atom is -0.600 e. The largest absolute Gasteiger partial charge is 0.600 e. The van der Waals surface area contributed by atoms with Crippen molar-refractivity contribution in [1.29, 1.82) is 0 Å². The van der Waals surface area contributed by atoms with E-state index in [9.17, 15) is 40.2 Å². The molecule has 0 aliphatic carbocycles. The van der Waals surface area contributed by atoms with Crippen LogP contribution in [0.15, 0.2) is 0 Å². The zero-order valence-electron chi connectivity index (χ0n) is 17.2. The molecular weight excluding hydrogens is 462 g/mol. The highest BCUT2D eigenvalue weighted by Gasteiger charge is 2.49. The predicted molar refractivity (Wildman–Crippen MR) is 94.4 cm³/mol. The van der Waals surface area contributed by atoms with Crippen LogP contribution in [0.3, 0.4) is 0 Å². The molecule has 33 heavy (non-hydrogen) atoms. The van der Waals surface area contributed by atoms with Crippen molar-refractivity contribution >= 4 is 17.9 Å². The molecule has 8 atom stereocenters. The Balaban J connectivity index is 2.86. The van der Waals surface area contributed by atoms with E-state index in [4.69, 9.17) is 34.6 Å². The van der Waals surface area contributed by atoms with Crippen LogP contribution in [0.1, 0.15) is 19.3 Å². The third-order valence-corrected chi connectivity index (χ3v) is 4.19. The summed E-state index contributed by atoms with van der Waals surface area (Å²) in [5.74, 6) is -3.16. The molecule has 8 N–H and O–H groups in total. The summed E-state index contributed by atoms with van der Waals surface area (Å²) in [7, 11) is 0. The van der Waals surface area contributed by atoms with Crippen LogP contribution in [0.4, 0.5) is 0 Å². The van der Waals surface area contributed by atoms with Gasteiger partial charge in [0.25, 0.3) is 0 Å². The quantitative estimate of drug-likeness (QED) is 0.0678. The normalized spacial score (nSPS) is 27.8. The molecule has 1 aliphatic rings. The molecule has 3 unspecified atom stereocenters. The fourth-order valence-corrected chi connectivity index (χ4v) is 2.56. The Labute approximate surface area is 185 Å². The number of carbonyl (C=O) groups excluding carboxylic acids is 3. The first-order valence-corrected chi connectivity index (χ1v) is 9.62. The molecule has 0 aromatic rings. The maximum Gasteiger partial charge on any atom is 0.314 e. The SMILES string of the molecule is O=C(CC[NH+]([O-])O)OC[C@H]1O[C@@H](OC(=O)CC[NH+]([O-])O)[C@H](O)[C@@H](O)[C@@H]1OC(=O)CC[NH+]([O-])O. The zero-order chi connectivity index (χ0) is 25.1. The molecule has 0 amide bonds. The molecule has 0 radical (unpaired) electrons. The van der Waals surface area contributed by atoms with Crippen LogP contribution >= 0.6 is 0 Å². The van der Waals surface area contributed by atoms with Crippen LogP contribution in [0, 0.1) is 15.6 Å². The lowest BCUT2D eigenvalue weighted by molar-refractivity contribution is -1.05. The number of aliphatic hydroxyl groups excluding tert-OH is 2. The summed E-state index contributed by atoms with van der Waals surface area (Å²) >= 11 is 0. The molecule has 1 rings (SSSR count). The number of quaternary nitrogens is 3. The van der Waals surface area contributed by atoms with Crippen LogP contribution in [0.2, 0.25) is 0 Å². The average molecular weight is 489 g/mol. The van der Waals surface area contributed by atoms with Gasteiger partial charge >= 0.3 is 17.9 Å². The molecule has 0 saturated carbocycles. The van der Waals surface area contributed by atoms with Gasteiger partial charge in [-0.2, -0.15) is 0 Å². The third kappa shape index (κ3) is 11.1. The smallest absolute Gasteiger partial charge is 0.314 e. The van der Waals surface area contributed by atoms with Crippen molar-refractivity contribution in [2.24, 2.45) is 0 Å². The van der Waals surface area contributed by atoms with Gasteiger partial charge in [0.05, 0.1) is 19.3 Å². The van der Waals surface area contributed by atoms with Gasteiger partial charge in [0.2, 0.25) is 6.29 Å². The van der Waals surface area contributed by atoms with Gasteiger partial charge < -0.3 is 44.8 Å². The molecule has 192 valence electrons. The van der Waals surface area contributed by atoms with E-state index in [0.29, 0.717) is 0 Å². The number of esters is 3. The number of hydroxylamine groups is 6. The van der Waals surface area contributed by atoms with Crippen LogP contribution in [-0.4, -0.2) is 101 Å². The Morgan fingerprint density at radius 2 is 1.21 bits per heavy atom. The van der Waals surface area contributed by atoms with E-state index < -0.39 is 110 Å². The minimum absolute atomic E-state index is 0.510. The van der Waals surface area contributed by atoms with Crippen molar-refractivity contribution in [2.45, 2.75) is 50.0 Å². The molecule has 1 heterocycles. The van der Waals surface area contributed by atoms with E-state index in [0.717, 1.165) is 0 Å². The fourth-order valence-electron chi connectivity index (χ4n) is 2.56. The van der Waals surface area contributed by atoms with E-state index in [1.807, 2.05) is 0 Å². The first-order chi connectivity index (χ1) is 15.4. The van der Waals surface area contributed by atoms with Gasteiger partial charge in [-0.25, -0.2) is 31.3 Å². The number of nitrogens with one attached hydrogen (secondary N) is 3. The summed E-state index contributed by atoms with van der Waals surface area (Å²) in [4.78, 5) is 35.3. The maximum atomic E-state index is 11.9. The lowest BCUT2D eigenvalue weighted by Gasteiger charge is -2.41. The first-order valence-electron chi connectivity index (χ1n) is 9.62. The summed E-state index contributed by atoms with van der Waals surface area (Å²) < 4.78 is 19.9. The second-order valence-electron chi connectivity index (χ2n) is 6.83. The van der Waals surface area contributed by atoms with Crippen LogP contribution in [0.5, 0.6) is 0 Å². The molecule has 1 aliphatic heterocycles. The second kappa shape index (κ2) is 14.2. The predicted octanol–water partition coefficient (Wildman–Crippen LogP) is -7.08. The highest BCUT2D eigenvalue weighted by atomic mass is 16.8. The minimum atomic E-state index is -1.96. The molecule has 18 nitrogen and oxygen atoms in total. The Morgan fingerprint density at radius 3 is 1.70 bits per heavy atom. The molecule has 1 saturated heterocycles. The molecule has 18 heteroatoms. The average Bonchev–Trinajstić information content (AvgIpc) is 2.73. The number of hydrogen-bond acceptors (Lipinski definition) is 15. The summed E-state index contributed by atoms with van der Waals surface area (Å²) in [6, 6.07) is 0. The van der Waals surface area contributed by atoms with E-state index in [1.54, 1.807) is 0 Å². The Kier molecular flexibility index (Phi) is 12.5. The standard InChI is InChI=1S/C15H27N3O15/c19-9(1-4-16(24)25)30-7-8-14(32-10(20)2-5-17(26)27)12(22)13(23)15(31-8)33-11(21)3-6-18(28)29/h8,12-18,22-24,26,28H,1-7H2/t8-,12-,13-,14-,15+/m1/s1. The van der Waals surface area contributed by atoms with Crippen molar-refractivity contribution < 1.29 is 74.8 Å². The number of hydrogen-bond donors (Lipinski definition) is 8. The van der Waals surface area contributed by atoms with E-state index in [2.05, 4.69) is 0 Å². The molecule has 0 aromatic heterocycles. The van der Waals surface area contributed by atoms with Gasteiger partial charge in [0, 0.05) is 0 Å². The maximum absolute atomic E-state index is 11.9. The molecule has 1 fully saturated rings. The first kappa shape index (κ1) is 29.0. The third-order valence-electron chi connectivity index (χ3n) is 4.19. The van der Waals surface area contributed by atoms with Crippen LogP contribution in [0.25, 0.3) is 0 Å². The number of ether oxygens (including phenoxy) is 4. The van der Waals surface area contributed by atoms with E-state index in [1.165, 1.54) is 0 Å². The molecule has 0 spiro atoms. The van der Waals surface area contributed by atoms with Gasteiger partial charge in [0.15, 0.2) is 6.10 Å². The summed E-state index contributed by atoms with van der Waals surface area (Å²) in [5, 5.41) is 74.2. The van der Waals surface area contributed by atoms with Gasteiger partial charge in [0.1, 0.15) is 44.6 Å². The Hall–Kier alpha value is -2.07. The monoisotopic (exact) mass is 489 g/mol. The van der Waals surface area contributed by atoms with Gasteiger partial charge in [-0.1, -0.05) is 0 Å². The van der Waals surface area contributed by atoms with Crippen LogP contribution in [-0.2, 0) is 33.3 Å². The lowest BCUT2D eigenvalue weighted by Crippen LogP contribution is -3.04. The number of carbonyl (C=O) groups is 3. The van der Waals surface area contributed by atoms with Crippen LogP contribution < -0.4 is 15.7 Å². The van der Waals surface area contributed by atoms with Crippen molar-refractivity contribution in [1.82, 2.24) is 0 Å². The summed E-state index contributed by atoms with van der Waals surface area (Å²) in [6.45, 7) is -2.44. The number of rotatable bonds is 13. The lowest BCUT2D eigenvalue weighted by atomic mass is 9.99. The number of aliphatic hydroxyl groups is 2. The van der Waals surface area contributed by atoms with Crippen molar-refractivity contribution in [3.8, 4) is 0 Å². The zero-order valence-corrected chi connectivity index (χ0v) is 17.2. The van der Waals surface area contributed by atoms with E-state index >= 15 is 0 Å². The Bertz CT molecular complexity index is 634. The second-order valence-corrected chi connectivity index (χ2v) is 6.83. The van der Waals surface area contributed by atoms with Gasteiger partial charge in [-0.05, 0) is 0 Å². The molecule has 0 bridgehead atoms. The van der Waals surface area contributed by atoms with Gasteiger partial charge in [-0.3, -0.25) is 14.4 Å². The summed E-state index contributed by atoms with van der Waals surface area (Å²) in [6.07, 6.45) is -10.6. The van der Waals surface area contributed by atoms with Crippen molar-refractivity contribution in [3.05, 3.63) is 15.6 Å². The highest BCUT2D eigenvalue weighted by Crippen LogP contribution is 2.25. The Morgan fingerprint density at radius 1 is 0.758 bits per heavy atom. The fraction of sp³-hybridized carbons (Fsp3) is 0.800. The molecular formula is C15H27N3O15. The van der Waals surface area contributed by atoms with Crippen molar-refractivity contribution in [3.63, 3.8) is 0 Å². The highest BCUT2D eigenvalue weighted by molar-refractivity contribution is 5.70. The van der Waals surface area contributed by atoms with Gasteiger partial charge in [-0.15, -0.1) is 0 Å². The summed E-state index contributed by atoms with van der Waals surface area (Å²) in [5.41, 5.74) is 0. The molecule has 0 aromatic carbocycles. The van der Waals surface area contributed by atoms with Crippen molar-refractivity contribution in [2.75, 3.05) is 26.2 Å². The topological polar surface area (TPSA) is 272 Å². The van der Waals surface area contributed by atoms with E-state index in [-0.39, 0.29) is 0 Å².